The lowest BCUT2D eigenvalue weighted by atomic mass is 10.0. The van der Waals surface area contributed by atoms with E-state index in [-0.39, 0.29) is 12.2 Å². The molecule has 1 aliphatic heterocycles. The summed E-state index contributed by atoms with van der Waals surface area (Å²) in [5, 5.41) is 17.1. The fourth-order valence-corrected chi connectivity index (χ4v) is 3.88. The standard InChI is InChI=1S/C24H21F3N6O2/c1-4-31-14-20(29-30-31)16-7-5-15(6-8-16)13-32-22(35)33(21(34)23(32,2)3)18-10-9-17(12-28)19(11-18)24(25,26)27/h5-11,14H,4,13H2,1-3H3. The van der Waals surface area contributed by atoms with Crippen molar-refractivity contribution in [2.45, 2.75) is 45.6 Å². The number of imide groups is 1. The van der Waals surface area contributed by atoms with E-state index < -0.39 is 34.8 Å². The van der Waals surface area contributed by atoms with Gasteiger partial charge in [0.25, 0.3) is 5.91 Å². The first-order chi connectivity index (χ1) is 16.5. The maximum atomic E-state index is 13.4. The Morgan fingerprint density at radius 2 is 1.77 bits per heavy atom. The quantitative estimate of drug-likeness (QED) is 0.495. The summed E-state index contributed by atoms with van der Waals surface area (Å²) in [5.41, 5.74) is -1.08. The molecule has 1 saturated heterocycles. The number of benzene rings is 2. The predicted octanol–water partition coefficient (Wildman–Crippen LogP) is 4.60. The lowest BCUT2D eigenvalue weighted by Gasteiger charge is -2.27. The van der Waals surface area contributed by atoms with Gasteiger partial charge in [0.2, 0.25) is 0 Å². The molecular weight excluding hydrogens is 461 g/mol. The van der Waals surface area contributed by atoms with Crippen LogP contribution >= 0.6 is 0 Å². The molecule has 1 fully saturated rings. The molecule has 0 aliphatic carbocycles. The lowest BCUT2D eigenvalue weighted by Crippen LogP contribution is -2.43. The van der Waals surface area contributed by atoms with Crippen molar-refractivity contribution in [3.05, 3.63) is 65.4 Å². The van der Waals surface area contributed by atoms with Gasteiger partial charge in [-0.3, -0.25) is 9.48 Å². The van der Waals surface area contributed by atoms with Crippen LogP contribution in [0.15, 0.2) is 48.7 Å². The molecule has 0 atom stereocenters. The third-order valence-corrected chi connectivity index (χ3v) is 5.96. The van der Waals surface area contributed by atoms with E-state index in [0.717, 1.165) is 22.1 Å². The van der Waals surface area contributed by atoms with E-state index in [1.807, 2.05) is 25.3 Å². The molecule has 2 heterocycles. The highest BCUT2D eigenvalue weighted by Crippen LogP contribution is 2.38. The first-order valence-corrected chi connectivity index (χ1v) is 10.7. The zero-order valence-electron chi connectivity index (χ0n) is 19.2. The number of carbonyl (C=O) groups excluding carboxylic acids is 2. The molecule has 0 bridgehead atoms. The summed E-state index contributed by atoms with van der Waals surface area (Å²) >= 11 is 0. The largest absolute Gasteiger partial charge is 0.417 e. The van der Waals surface area contributed by atoms with Gasteiger partial charge in [0.05, 0.1) is 29.1 Å². The Labute approximate surface area is 199 Å². The third-order valence-electron chi connectivity index (χ3n) is 5.96. The van der Waals surface area contributed by atoms with Crippen LogP contribution < -0.4 is 4.90 Å². The average molecular weight is 482 g/mol. The molecule has 0 saturated carbocycles. The number of nitriles is 1. The fraction of sp³-hybridized carbons (Fsp3) is 0.292. The summed E-state index contributed by atoms with van der Waals surface area (Å²) in [7, 11) is 0. The second kappa shape index (κ2) is 8.54. The highest BCUT2D eigenvalue weighted by atomic mass is 19.4. The number of urea groups is 1. The van der Waals surface area contributed by atoms with Crippen molar-refractivity contribution in [3.63, 3.8) is 0 Å². The van der Waals surface area contributed by atoms with Crippen molar-refractivity contribution >= 4 is 17.6 Å². The normalized spacial score (nSPS) is 15.6. The molecule has 35 heavy (non-hydrogen) atoms. The van der Waals surface area contributed by atoms with Gasteiger partial charge in [-0.25, -0.2) is 9.69 Å². The molecule has 1 aliphatic rings. The number of carbonyl (C=O) groups is 2. The smallest absolute Gasteiger partial charge is 0.305 e. The SMILES string of the molecule is CCn1cc(-c2ccc(CN3C(=O)N(c4ccc(C#N)c(C(F)(F)F)c4)C(=O)C3(C)C)cc2)nn1. The number of rotatable bonds is 5. The molecule has 8 nitrogen and oxygen atoms in total. The number of hydrogen-bond acceptors (Lipinski definition) is 5. The Bertz CT molecular complexity index is 1340. The van der Waals surface area contributed by atoms with Crippen LogP contribution in [-0.2, 0) is 24.1 Å². The molecule has 1 aromatic heterocycles. The Balaban J connectivity index is 1.62. The third kappa shape index (κ3) is 4.23. The Morgan fingerprint density at radius 1 is 1.09 bits per heavy atom. The molecule has 3 amide bonds. The number of anilines is 1. The van der Waals surface area contributed by atoms with Gasteiger partial charge in [-0.05, 0) is 44.5 Å². The van der Waals surface area contributed by atoms with Crippen molar-refractivity contribution in [1.29, 1.82) is 5.26 Å². The molecule has 2 aromatic carbocycles. The van der Waals surface area contributed by atoms with E-state index in [1.54, 1.807) is 30.7 Å². The molecule has 180 valence electrons. The van der Waals surface area contributed by atoms with Gasteiger partial charge in [0.1, 0.15) is 11.2 Å². The highest BCUT2D eigenvalue weighted by molar-refractivity contribution is 6.23. The zero-order valence-corrected chi connectivity index (χ0v) is 19.2. The van der Waals surface area contributed by atoms with E-state index in [4.69, 9.17) is 5.26 Å². The first-order valence-electron chi connectivity index (χ1n) is 10.7. The zero-order chi connectivity index (χ0) is 25.5. The van der Waals surface area contributed by atoms with Crippen LogP contribution in [0.1, 0.15) is 37.5 Å². The summed E-state index contributed by atoms with van der Waals surface area (Å²) in [5.74, 6) is -0.659. The lowest BCUT2D eigenvalue weighted by molar-refractivity contribution is -0.137. The van der Waals surface area contributed by atoms with E-state index >= 15 is 0 Å². The van der Waals surface area contributed by atoms with E-state index in [2.05, 4.69) is 10.3 Å². The van der Waals surface area contributed by atoms with Crippen LogP contribution in [-0.4, -0.2) is 37.4 Å². The van der Waals surface area contributed by atoms with Crippen molar-refractivity contribution < 1.29 is 22.8 Å². The maximum Gasteiger partial charge on any atom is 0.417 e. The van der Waals surface area contributed by atoms with Gasteiger partial charge in [0, 0.05) is 18.7 Å². The van der Waals surface area contributed by atoms with Gasteiger partial charge in [-0.2, -0.15) is 18.4 Å². The van der Waals surface area contributed by atoms with E-state index in [9.17, 15) is 22.8 Å². The summed E-state index contributed by atoms with van der Waals surface area (Å²) in [6.07, 6.45) is -3.00. The van der Waals surface area contributed by atoms with Gasteiger partial charge in [-0.1, -0.05) is 29.5 Å². The van der Waals surface area contributed by atoms with Crippen LogP contribution in [0.2, 0.25) is 0 Å². The molecule has 0 spiro atoms. The van der Waals surface area contributed by atoms with Crippen molar-refractivity contribution in [2.75, 3.05) is 4.90 Å². The number of nitrogens with zero attached hydrogens (tertiary/aromatic N) is 6. The number of hydrogen-bond donors (Lipinski definition) is 0. The molecular formula is C24H21F3N6O2. The Hall–Kier alpha value is -4.20. The van der Waals surface area contributed by atoms with Gasteiger partial charge in [-0.15, -0.1) is 5.10 Å². The molecule has 0 radical (unpaired) electrons. The van der Waals surface area contributed by atoms with Crippen molar-refractivity contribution in [3.8, 4) is 17.3 Å². The van der Waals surface area contributed by atoms with Crippen LogP contribution in [0.3, 0.4) is 0 Å². The van der Waals surface area contributed by atoms with Crippen molar-refractivity contribution in [1.82, 2.24) is 19.9 Å². The van der Waals surface area contributed by atoms with Gasteiger partial charge < -0.3 is 4.90 Å². The molecule has 11 heteroatoms. The van der Waals surface area contributed by atoms with E-state index in [1.165, 1.54) is 17.0 Å². The van der Waals surface area contributed by atoms with Crippen LogP contribution in [0, 0.1) is 11.3 Å². The molecule has 0 N–H and O–H groups in total. The van der Waals surface area contributed by atoms with Gasteiger partial charge >= 0.3 is 12.2 Å². The second-order valence-electron chi connectivity index (χ2n) is 8.56. The monoisotopic (exact) mass is 482 g/mol. The average Bonchev–Trinajstić information content (AvgIpc) is 3.36. The second-order valence-corrected chi connectivity index (χ2v) is 8.56. The summed E-state index contributed by atoms with van der Waals surface area (Å²) in [4.78, 5) is 28.4. The molecule has 3 aromatic rings. The predicted molar refractivity (Wildman–Crippen MR) is 120 cm³/mol. The molecule has 0 unspecified atom stereocenters. The fourth-order valence-electron chi connectivity index (χ4n) is 3.88. The number of halogens is 3. The minimum Gasteiger partial charge on any atom is -0.305 e. The van der Waals surface area contributed by atoms with Crippen LogP contribution in [0.5, 0.6) is 0 Å². The van der Waals surface area contributed by atoms with Crippen LogP contribution in [0.4, 0.5) is 23.7 Å². The number of aryl methyl sites for hydroxylation is 1. The summed E-state index contributed by atoms with van der Waals surface area (Å²) < 4.78 is 42.0. The number of aromatic nitrogens is 3. The Kier molecular flexibility index (Phi) is 5.84. The first kappa shape index (κ1) is 23.9. The summed E-state index contributed by atoms with van der Waals surface area (Å²) in [6.45, 7) is 5.78. The van der Waals surface area contributed by atoms with Gasteiger partial charge in [0.15, 0.2) is 0 Å². The highest BCUT2D eigenvalue weighted by Gasteiger charge is 2.52. The Morgan fingerprint density at radius 3 is 2.34 bits per heavy atom. The minimum atomic E-state index is -4.81. The molecule has 4 rings (SSSR count). The van der Waals surface area contributed by atoms with Crippen molar-refractivity contribution in [2.24, 2.45) is 0 Å². The minimum absolute atomic E-state index is 0.0679. The maximum absolute atomic E-state index is 13.4. The number of alkyl halides is 3. The van der Waals surface area contributed by atoms with Crippen LogP contribution in [0.25, 0.3) is 11.3 Å². The number of amides is 3. The topological polar surface area (TPSA) is 95.1 Å². The summed E-state index contributed by atoms with van der Waals surface area (Å²) in [6, 6.07) is 10.8. The van der Waals surface area contributed by atoms with E-state index in [0.29, 0.717) is 18.3 Å².